The van der Waals surface area contributed by atoms with Crippen LogP contribution in [0.1, 0.15) is 25.1 Å². The molecule has 8 nitrogen and oxygen atoms in total. The monoisotopic (exact) mass is 345 g/mol. The van der Waals surface area contributed by atoms with Gasteiger partial charge in [-0.2, -0.15) is 0 Å². The highest BCUT2D eigenvalue weighted by Crippen LogP contribution is 2.22. The summed E-state index contributed by atoms with van der Waals surface area (Å²) in [4.78, 5) is 14.2. The van der Waals surface area contributed by atoms with Crippen LogP contribution in [0.4, 0.5) is 0 Å². The Bertz CT molecular complexity index is 693. The first-order valence-electron chi connectivity index (χ1n) is 8.47. The predicted octanol–water partition coefficient (Wildman–Crippen LogP) is 1.45. The van der Waals surface area contributed by atoms with Crippen molar-refractivity contribution in [1.82, 2.24) is 25.1 Å². The number of methoxy groups -OCH3 is 1. The van der Waals surface area contributed by atoms with Crippen molar-refractivity contribution in [2.24, 2.45) is 0 Å². The second kappa shape index (κ2) is 7.96. The van der Waals surface area contributed by atoms with Gasteiger partial charge in [-0.05, 0) is 41.6 Å². The number of carbonyl (C=O) groups is 1. The van der Waals surface area contributed by atoms with E-state index in [0.717, 1.165) is 30.2 Å². The van der Waals surface area contributed by atoms with Crippen molar-refractivity contribution in [1.29, 1.82) is 0 Å². The summed E-state index contributed by atoms with van der Waals surface area (Å²) in [6.45, 7) is 3.77. The van der Waals surface area contributed by atoms with Crippen molar-refractivity contribution in [2.45, 2.75) is 38.8 Å². The minimum atomic E-state index is 0.137. The number of hydrogen-bond donors (Lipinski definition) is 0. The Balaban J connectivity index is 1.43. The zero-order chi connectivity index (χ0) is 17.6. The van der Waals surface area contributed by atoms with E-state index >= 15 is 0 Å². The van der Waals surface area contributed by atoms with Crippen LogP contribution in [-0.2, 0) is 11.3 Å². The van der Waals surface area contributed by atoms with E-state index in [9.17, 15) is 4.79 Å². The number of likely N-dealkylation sites (tertiary alicyclic amines) is 1. The molecule has 0 aliphatic carbocycles. The first-order chi connectivity index (χ1) is 12.2. The maximum atomic E-state index is 12.3. The van der Waals surface area contributed by atoms with E-state index in [-0.39, 0.29) is 12.0 Å². The summed E-state index contributed by atoms with van der Waals surface area (Å²) in [5.41, 5.74) is 0. The molecule has 25 heavy (non-hydrogen) atoms. The molecule has 0 spiro atoms. The lowest BCUT2D eigenvalue weighted by Crippen LogP contribution is -2.42. The molecule has 0 radical (unpaired) electrons. The van der Waals surface area contributed by atoms with Crippen molar-refractivity contribution in [3.8, 4) is 11.5 Å². The molecule has 0 atom stereocenters. The number of tetrazole rings is 1. The summed E-state index contributed by atoms with van der Waals surface area (Å²) in [5, 5.41) is 11.3. The topological polar surface area (TPSA) is 82.4 Å². The minimum Gasteiger partial charge on any atom is -0.497 e. The fraction of sp³-hybridized carbons (Fsp3) is 0.529. The third kappa shape index (κ3) is 4.46. The Morgan fingerprint density at radius 3 is 2.48 bits per heavy atom. The van der Waals surface area contributed by atoms with Gasteiger partial charge in [-0.15, -0.1) is 5.10 Å². The molecule has 134 valence electrons. The minimum absolute atomic E-state index is 0.137. The molecule has 2 heterocycles. The van der Waals surface area contributed by atoms with Gasteiger partial charge in [0, 0.05) is 32.4 Å². The van der Waals surface area contributed by atoms with E-state index in [1.54, 1.807) is 11.8 Å². The summed E-state index contributed by atoms with van der Waals surface area (Å²) in [7, 11) is 1.64. The van der Waals surface area contributed by atoms with Crippen molar-refractivity contribution in [2.75, 3.05) is 20.2 Å². The molecule has 2 aromatic rings. The number of aryl methyl sites for hydroxylation is 2. The highest BCUT2D eigenvalue weighted by molar-refractivity contribution is 5.76. The van der Waals surface area contributed by atoms with E-state index < -0.39 is 0 Å². The number of hydrogen-bond acceptors (Lipinski definition) is 6. The number of benzene rings is 1. The molecule has 1 fully saturated rings. The molecular weight excluding hydrogens is 322 g/mol. The van der Waals surface area contributed by atoms with Gasteiger partial charge >= 0.3 is 0 Å². The fourth-order valence-electron chi connectivity index (χ4n) is 2.89. The van der Waals surface area contributed by atoms with Crippen LogP contribution in [0.25, 0.3) is 0 Å². The van der Waals surface area contributed by atoms with E-state index in [1.807, 2.05) is 36.1 Å². The first-order valence-corrected chi connectivity index (χ1v) is 8.47. The van der Waals surface area contributed by atoms with Crippen molar-refractivity contribution >= 4 is 5.91 Å². The van der Waals surface area contributed by atoms with Gasteiger partial charge in [-0.25, -0.2) is 4.68 Å². The van der Waals surface area contributed by atoms with Crippen molar-refractivity contribution in [3.63, 3.8) is 0 Å². The normalized spacial score (nSPS) is 15.2. The van der Waals surface area contributed by atoms with Crippen LogP contribution in [0.15, 0.2) is 24.3 Å². The number of amides is 1. The quantitative estimate of drug-likeness (QED) is 0.788. The highest BCUT2D eigenvalue weighted by Gasteiger charge is 2.24. The lowest BCUT2D eigenvalue weighted by atomic mass is 10.1. The molecule has 1 aliphatic rings. The molecule has 8 heteroatoms. The van der Waals surface area contributed by atoms with Crippen LogP contribution in [0.3, 0.4) is 0 Å². The molecule has 0 saturated carbocycles. The summed E-state index contributed by atoms with van der Waals surface area (Å²) < 4.78 is 12.8. The molecule has 1 aromatic heterocycles. The summed E-state index contributed by atoms with van der Waals surface area (Å²) in [5.74, 6) is 2.50. The molecule has 1 aliphatic heterocycles. The maximum absolute atomic E-state index is 12.3. The van der Waals surface area contributed by atoms with Gasteiger partial charge in [0.2, 0.25) is 5.91 Å². The Labute approximate surface area is 146 Å². The second-order valence-corrected chi connectivity index (χ2v) is 6.07. The van der Waals surface area contributed by atoms with Gasteiger partial charge in [0.25, 0.3) is 0 Å². The number of rotatable bonds is 6. The molecule has 3 rings (SSSR count). The summed E-state index contributed by atoms with van der Waals surface area (Å²) in [6, 6.07) is 7.58. The van der Waals surface area contributed by atoms with Gasteiger partial charge in [-0.3, -0.25) is 4.79 Å². The second-order valence-electron chi connectivity index (χ2n) is 6.07. The van der Waals surface area contributed by atoms with Crippen LogP contribution in [0.2, 0.25) is 0 Å². The summed E-state index contributed by atoms with van der Waals surface area (Å²) >= 11 is 0. The standard InChI is InChI=1S/C17H23N5O3/c1-13-18-19-20-22(13)12-9-17(23)21-10-7-16(8-11-21)25-15-5-3-14(24-2)4-6-15/h3-6,16H,7-12H2,1-2H3. The van der Waals surface area contributed by atoms with Gasteiger partial charge in [0.15, 0.2) is 0 Å². The Morgan fingerprint density at radius 1 is 1.20 bits per heavy atom. The fourth-order valence-corrected chi connectivity index (χ4v) is 2.89. The molecule has 0 bridgehead atoms. The average Bonchev–Trinajstić information content (AvgIpc) is 3.06. The molecule has 1 saturated heterocycles. The smallest absolute Gasteiger partial charge is 0.224 e. The third-order valence-corrected chi connectivity index (χ3v) is 4.41. The van der Waals surface area contributed by atoms with Gasteiger partial charge in [0.05, 0.1) is 13.7 Å². The van der Waals surface area contributed by atoms with Gasteiger partial charge in [-0.1, -0.05) is 0 Å². The lowest BCUT2D eigenvalue weighted by molar-refractivity contribution is -0.133. The Morgan fingerprint density at radius 2 is 1.88 bits per heavy atom. The predicted molar refractivity (Wildman–Crippen MR) is 90.4 cm³/mol. The van der Waals surface area contributed by atoms with Crippen LogP contribution < -0.4 is 9.47 Å². The zero-order valence-corrected chi connectivity index (χ0v) is 14.6. The Kier molecular flexibility index (Phi) is 5.47. The van der Waals surface area contributed by atoms with Crippen LogP contribution in [0, 0.1) is 6.92 Å². The maximum Gasteiger partial charge on any atom is 0.224 e. The van der Waals surface area contributed by atoms with Crippen molar-refractivity contribution in [3.05, 3.63) is 30.1 Å². The number of nitrogens with zero attached hydrogens (tertiary/aromatic N) is 5. The SMILES string of the molecule is COc1ccc(OC2CCN(C(=O)CCn3nnnc3C)CC2)cc1. The van der Waals surface area contributed by atoms with E-state index in [4.69, 9.17) is 9.47 Å². The molecule has 1 aromatic carbocycles. The van der Waals surface area contributed by atoms with Crippen LogP contribution in [0.5, 0.6) is 11.5 Å². The highest BCUT2D eigenvalue weighted by atomic mass is 16.5. The number of ether oxygens (including phenoxy) is 2. The third-order valence-electron chi connectivity index (χ3n) is 4.41. The lowest BCUT2D eigenvalue weighted by Gasteiger charge is -2.32. The molecule has 0 unspecified atom stereocenters. The van der Waals surface area contributed by atoms with Crippen LogP contribution >= 0.6 is 0 Å². The zero-order valence-electron chi connectivity index (χ0n) is 14.6. The van der Waals surface area contributed by atoms with E-state index in [2.05, 4.69) is 15.5 Å². The van der Waals surface area contributed by atoms with Crippen LogP contribution in [-0.4, -0.2) is 57.3 Å². The molecule has 1 amide bonds. The van der Waals surface area contributed by atoms with Crippen molar-refractivity contribution < 1.29 is 14.3 Å². The Hall–Kier alpha value is -2.64. The van der Waals surface area contributed by atoms with Gasteiger partial charge < -0.3 is 14.4 Å². The van der Waals surface area contributed by atoms with Gasteiger partial charge in [0.1, 0.15) is 23.4 Å². The number of carbonyl (C=O) groups excluding carboxylic acids is 1. The number of piperidine rings is 1. The largest absolute Gasteiger partial charge is 0.497 e. The average molecular weight is 345 g/mol. The number of aromatic nitrogens is 4. The van der Waals surface area contributed by atoms with E-state index in [1.165, 1.54) is 0 Å². The molecule has 0 N–H and O–H groups in total. The molecular formula is C17H23N5O3. The summed E-state index contributed by atoms with van der Waals surface area (Å²) in [6.07, 6.45) is 2.22. The first kappa shape index (κ1) is 17.2. The van der Waals surface area contributed by atoms with E-state index in [0.29, 0.717) is 26.1 Å².